The monoisotopic (exact) mass is 441 g/mol. The van der Waals surface area contributed by atoms with E-state index in [0.29, 0.717) is 12.2 Å². The Kier molecular flexibility index (Phi) is 7.22. The Labute approximate surface area is 170 Å². The molecule has 158 valence electrons. The van der Waals surface area contributed by atoms with Crippen molar-refractivity contribution in [2.75, 3.05) is 23.7 Å². The molecule has 0 saturated carbocycles. The summed E-state index contributed by atoms with van der Waals surface area (Å²) in [7, 11) is -6.85. The van der Waals surface area contributed by atoms with Crippen molar-refractivity contribution in [1.82, 2.24) is 0 Å². The van der Waals surface area contributed by atoms with E-state index in [1.807, 2.05) is 6.92 Å². The van der Waals surface area contributed by atoms with Crippen LogP contribution in [0, 0.1) is 0 Å². The fraction of sp³-hybridized carbons (Fsp3) is 0.278. The second kappa shape index (κ2) is 9.25. The molecule has 0 unspecified atom stereocenters. The van der Waals surface area contributed by atoms with Gasteiger partial charge in [-0.1, -0.05) is 13.3 Å². The summed E-state index contributed by atoms with van der Waals surface area (Å²) in [5.41, 5.74) is 0.662. The summed E-state index contributed by atoms with van der Waals surface area (Å²) >= 11 is 0. The molecule has 0 spiro atoms. The van der Waals surface area contributed by atoms with Gasteiger partial charge in [0.1, 0.15) is 0 Å². The normalized spacial score (nSPS) is 11.7. The van der Waals surface area contributed by atoms with Crippen LogP contribution in [0.1, 0.15) is 30.1 Å². The summed E-state index contributed by atoms with van der Waals surface area (Å²) in [6, 6.07) is 9.05. The summed E-state index contributed by atoms with van der Waals surface area (Å²) in [6.07, 6.45) is 1.77. The highest BCUT2D eigenvalue weighted by Gasteiger charge is 2.19. The molecular weight excluding hydrogens is 418 g/mol. The molecule has 0 atom stereocenters. The zero-order valence-electron chi connectivity index (χ0n) is 16.0. The van der Waals surface area contributed by atoms with E-state index in [1.54, 1.807) is 0 Å². The molecule has 0 aromatic heterocycles. The van der Waals surface area contributed by atoms with Crippen molar-refractivity contribution < 1.29 is 26.4 Å². The lowest BCUT2D eigenvalue weighted by Crippen LogP contribution is -2.17. The fourth-order valence-electron chi connectivity index (χ4n) is 2.43. The van der Waals surface area contributed by atoms with Crippen LogP contribution in [0.4, 0.5) is 11.4 Å². The number of anilines is 2. The third-order valence-electron chi connectivity index (χ3n) is 4.00. The van der Waals surface area contributed by atoms with Gasteiger partial charge in [0.15, 0.2) is 0 Å². The number of primary sulfonamides is 1. The first-order chi connectivity index (χ1) is 13.6. The van der Waals surface area contributed by atoms with Crippen molar-refractivity contribution in [2.24, 2.45) is 5.14 Å². The van der Waals surface area contributed by atoms with Gasteiger partial charge in [-0.05, 0) is 48.9 Å². The minimum absolute atomic E-state index is 0.0460. The number of carbonyl (C=O) groups excluding carboxylic acids is 1. The third kappa shape index (κ3) is 5.92. The Morgan fingerprint density at radius 2 is 1.62 bits per heavy atom. The van der Waals surface area contributed by atoms with Crippen molar-refractivity contribution in [3.63, 3.8) is 0 Å². The second-order valence-electron chi connectivity index (χ2n) is 6.15. The van der Waals surface area contributed by atoms with E-state index in [0.717, 1.165) is 18.9 Å². The van der Waals surface area contributed by atoms with Gasteiger partial charge in [-0.2, -0.15) is 0 Å². The molecular formula is C18H23N3O6S2. The smallest absolute Gasteiger partial charge is 0.337 e. The zero-order valence-corrected chi connectivity index (χ0v) is 17.6. The Morgan fingerprint density at radius 1 is 1.00 bits per heavy atom. The van der Waals surface area contributed by atoms with Gasteiger partial charge in [0, 0.05) is 6.54 Å². The van der Waals surface area contributed by atoms with Crippen LogP contribution in [0.2, 0.25) is 0 Å². The Bertz CT molecular complexity index is 1080. The van der Waals surface area contributed by atoms with Crippen LogP contribution >= 0.6 is 0 Å². The van der Waals surface area contributed by atoms with E-state index in [4.69, 9.17) is 5.14 Å². The van der Waals surface area contributed by atoms with Crippen molar-refractivity contribution in [3.05, 3.63) is 48.0 Å². The molecule has 0 aliphatic heterocycles. The lowest BCUT2D eigenvalue weighted by atomic mass is 10.2. The molecule has 0 fully saturated rings. The lowest BCUT2D eigenvalue weighted by molar-refractivity contribution is 0.0600. The number of benzene rings is 2. The molecule has 0 saturated heterocycles. The lowest BCUT2D eigenvalue weighted by Gasteiger charge is -2.15. The van der Waals surface area contributed by atoms with Gasteiger partial charge in [-0.25, -0.2) is 26.8 Å². The van der Waals surface area contributed by atoms with Crippen LogP contribution in [-0.2, 0) is 24.8 Å². The molecule has 2 aromatic carbocycles. The number of sulfonamides is 2. The van der Waals surface area contributed by atoms with Crippen LogP contribution in [0.3, 0.4) is 0 Å². The minimum Gasteiger partial charge on any atom is -0.465 e. The number of nitrogens with two attached hydrogens (primary N) is 1. The van der Waals surface area contributed by atoms with Gasteiger partial charge in [0.05, 0.1) is 33.8 Å². The number of esters is 1. The number of nitrogens with one attached hydrogen (secondary N) is 2. The number of ether oxygens (including phenoxy) is 1. The first-order valence-electron chi connectivity index (χ1n) is 8.70. The number of methoxy groups -OCH3 is 1. The quantitative estimate of drug-likeness (QED) is 0.399. The van der Waals surface area contributed by atoms with Crippen LogP contribution in [0.5, 0.6) is 0 Å². The Balaban J connectivity index is 2.39. The molecule has 0 aliphatic carbocycles. The Morgan fingerprint density at radius 3 is 2.17 bits per heavy atom. The van der Waals surface area contributed by atoms with Gasteiger partial charge in [0.25, 0.3) is 10.0 Å². The fourth-order valence-corrected chi connectivity index (χ4v) is 4.04. The van der Waals surface area contributed by atoms with Gasteiger partial charge in [0.2, 0.25) is 10.0 Å². The molecule has 2 aromatic rings. The van der Waals surface area contributed by atoms with E-state index >= 15 is 0 Å². The zero-order chi connectivity index (χ0) is 21.7. The summed E-state index contributed by atoms with van der Waals surface area (Å²) in [5, 5.41) is 8.24. The Hall–Kier alpha value is -2.63. The van der Waals surface area contributed by atoms with Gasteiger partial charge >= 0.3 is 5.97 Å². The van der Waals surface area contributed by atoms with Crippen LogP contribution in [-0.4, -0.2) is 36.5 Å². The molecule has 29 heavy (non-hydrogen) atoms. The maximum atomic E-state index is 12.8. The molecule has 0 radical (unpaired) electrons. The molecule has 0 heterocycles. The summed E-state index contributed by atoms with van der Waals surface area (Å²) < 4.78 is 55.8. The van der Waals surface area contributed by atoms with E-state index in [1.165, 1.54) is 43.5 Å². The van der Waals surface area contributed by atoms with E-state index in [2.05, 4.69) is 14.8 Å². The maximum absolute atomic E-state index is 12.8. The highest BCUT2D eigenvalue weighted by atomic mass is 32.2. The van der Waals surface area contributed by atoms with E-state index in [-0.39, 0.29) is 21.0 Å². The molecule has 2 rings (SSSR count). The van der Waals surface area contributed by atoms with Crippen LogP contribution in [0.15, 0.2) is 52.3 Å². The van der Waals surface area contributed by atoms with Crippen molar-refractivity contribution >= 4 is 37.4 Å². The second-order valence-corrected chi connectivity index (χ2v) is 9.40. The summed E-state index contributed by atoms with van der Waals surface area (Å²) in [4.78, 5) is 11.2. The minimum atomic E-state index is -4.06. The highest BCUT2D eigenvalue weighted by Crippen LogP contribution is 2.28. The first-order valence-corrected chi connectivity index (χ1v) is 11.7. The number of hydrogen-bond acceptors (Lipinski definition) is 7. The average Bonchev–Trinajstić information content (AvgIpc) is 2.67. The molecule has 0 bridgehead atoms. The van der Waals surface area contributed by atoms with Gasteiger partial charge < -0.3 is 10.1 Å². The predicted molar refractivity (Wildman–Crippen MR) is 110 cm³/mol. The highest BCUT2D eigenvalue weighted by molar-refractivity contribution is 7.92. The van der Waals surface area contributed by atoms with Gasteiger partial charge in [-0.3, -0.25) is 4.72 Å². The molecule has 11 heteroatoms. The molecule has 4 N–H and O–H groups in total. The predicted octanol–water partition coefficient (Wildman–Crippen LogP) is 2.13. The number of rotatable bonds is 9. The van der Waals surface area contributed by atoms with Crippen molar-refractivity contribution in [2.45, 2.75) is 29.6 Å². The summed E-state index contributed by atoms with van der Waals surface area (Å²) in [5.74, 6) is -0.592. The SMILES string of the molecule is CCCCNc1ccc(S(N)(=O)=O)cc1NS(=O)(=O)c1ccc(C(=O)OC)cc1. The first kappa shape index (κ1) is 22.7. The molecule has 0 amide bonds. The van der Waals surface area contributed by atoms with E-state index in [9.17, 15) is 21.6 Å². The average molecular weight is 442 g/mol. The van der Waals surface area contributed by atoms with E-state index < -0.39 is 26.0 Å². The maximum Gasteiger partial charge on any atom is 0.337 e. The molecule has 9 nitrogen and oxygen atoms in total. The van der Waals surface area contributed by atoms with Crippen molar-refractivity contribution in [1.29, 1.82) is 0 Å². The van der Waals surface area contributed by atoms with Crippen LogP contribution < -0.4 is 15.2 Å². The molecule has 0 aliphatic rings. The number of unbranched alkanes of at least 4 members (excludes halogenated alkanes) is 1. The third-order valence-corrected chi connectivity index (χ3v) is 6.29. The standard InChI is InChI=1S/C18H23N3O6S2/c1-3-4-11-20-16-10-9-15(28(19,23)24)12-17(16)21-29(25,26)14-7-5-13(6-8-14)18(22)27-2/h5-10,12,20-21H,3-4,11H2,1-2H3,(H2,19,23,24). The van der Waals surface area contributed by atoms with Crippen LogP contribution in [0.25, 0.3) is 0 Å². The van der Waals surface area contributed by atoms with Gasteiger partial charge in [-0.15, -0.1) is 0 Å². The number of carbonyl (C=O) groups is 1. The largest absolute Gasteiger partial charge is 0.465 e. The number of hydrogen-bond donors (Lipinski definition) is 3. The topological polar surface area (TPSA) is 145 Å². The van der Waals surface area contributed by atoms with Crippen molar-refractivity contribution in [3.8, 4) is 0 Å². The summed E-state index contributed by atoms with van der Waals surface area (Å²) in [6.45, 7) is 2.58.